The molecular weight excluding hydrogens is 242 g/mol. The van der Waals surface area contributed by atoms with E-state index in [1.807, 2.05) is 19.1 Å². The number of carbonyl (C=O) groups excluding carboxylic acids is 1. The largest absolute Gasteiger partial charge is 0.351 e. The highest BCUT2D eigenvalue weighted by Gasteiger charge is 2.25. The number of hydrogen-bond acceptors (Lipinski definition) is 2. The van der Waals surface area contributed by atoms with Crippen LogP contribution in [0.5, 0.6) is 0 Å². The van der Waals surface area contributed by atoms with Gasteiger partial charge < -0.3 is 5.32 Å². The molecular formula is C12H16ClNOS. The van der Waals surface area contributed by atoms with E-state index < -0.39 is 0 Å². The highest BCUT2D eigenvalue weighted by molar-refractivity contribution is 7.13. The maximum absolute atomic E-state index is 11.8. The number of hydrogen-bond donors (Lipinski definition) is 1. The number of alkyl halides is 1. The van der Waals surface area contributed by atoms with Crippen LogP contribution in [0.15, 0.2) is 12.1 Å². The van der Waals surface area contributed by atoms with E-state index in [1.54, 1.807) is 0 Å². The van der Waals surface area contributed by atoms with Gasteiger partial charge in [-0.3, -0.25) is 4.79 Å². The summed E-state index contributed by atoms with van der Waals surface area (Å²) in [4.78, 5) is 13.7. The minimum Gasteiger partial charge on any atom is -0.351 e. The second kappa shape index (κ2) is 5.19. The molecule has 1 fully saturated rings. The molecule has 0 saturated heterocycles. The summed E-state index contributed by atoms with van der Waals surface area (Å²) in [5.41, 5.74) is 0. The van der Waals surface area contributed by atoms with Gasteiger partial charge in [-0.1, -0.05) is 6.42 Å². The Kier molecular flexibility index (Phi) is 3.87. The predicted octanol–water partition coefficient (Wildman–Crippen LogP) is 3.19. The van der Waals surface area contributed by atoms with Gasteiger partial charge in [-0.2, -0.15) is 0 Å². The number of amides is 1. The van der Waals surface area contributed by atoms with E-state index >= 15 is 0 Å². The molecule has 2 atom stereocenters. The SMILES string of the molecule is Cc1ccc(C(=O)NCC2CCCC2Cl)s1. The lowest BCUT2D eigenvalue weighted by Gasteiger charge is -2.13. The minimum atomic E-state index is 0.0360. The zero-order valence-corrected chi connectivity index (χ0v) is 10.9. The molecule has 2 unspecified atom stereocenters. The van der Waals surface area contributed by atoms with E-state index in [0.717, 1.165) is 17.7 Å². The van der Waals surface area contributed by atoms with Gasteiger partial charge in [0, 0.05) is 16.8 Å². The Labute approximate surface area is 105 Å². The topological polar surface area (TPSA) is 29.1 Å². The fourth-order valence-electron chi connectivity index (χ4n) is 2.09. The van der Waals surface area contributed by atoms with Crippen LogP contribution in [-0.4, -0.2) is 17.8 Å². The van der Waals surface area contributed by atoms with E-state index in [4.69, 9.17) is 11.6 Å². The average Bonchev–Trinajstić information content (AvgIpc) is 2.84. The van der Waals surface area contributed by atoms with Crippen molar-refractivity contribution in [3.05, 3.63) is 21.9 Å². The monoisotopic (exact) mass is 257 g/mol. The molecule has 0 bridgehead atoms. The van der Waals surface area contributed by atoms with Gasteiger partial charge in [0.05, 0.1) is 4.88 Å². The molecule has 1 N–H and O–H groups in total. The Morgan fingerprint density at radius 1 is 1.56 bits per heavy atom. The molecule has 88 valence electrons. The average molecular weight is 258 g/mol. The van der Waals surface area contributed by atoms with E-state index in [0.29, 0.717) is 12.5 Å². The lowest BCUT2D eigenvalue weighted by molar-refractivity contribution is 0.0951. The molecule has 0 aliphatic heterocycles. The number of rotatable bonds is 3. The van der Waals surface area contributed by atoms with Gasteiger partial charge in [0.25, 0.3) is 5.91 Å². The lowest BCUT2D eigenvalue weighted by Crippen LogP contribution is -2.30. The van der Waals surface area contributed by atoms with Crippen molar-refractivity contribution >= 4 is 28.8 Å². The lowest BCUT2D eigenvalue weighted by atomic mass is 10.1. The summed E-state index contributed by atoms with van der Waals surface area (Å²) in [6, 6.07) is 3.85. The number of aryl methyl sites for hydroxylation is 1. The Bertz CT molecular complexity index is 377. The summed E-state index contributed by atoms with van der Waals surface area (Å²) in [5, 5.41) is 3.21. The van der Waals surface area contributed by atoms with Crippen molar-refractivity contribution in [2.24, 2.45) is 5.92 Å². The molecule has 2 rings (SSSR count). The van der Waals surface area contributed by atoms with Gasteiger partial charge in [0.2, 0.25) is 0 Å². The molecule has 1 heterocycles. The van der Waals surface area contributed by atoms with Crippen LogP contribution in [0.4, 0.5) is 0 Å². The number of thiophene rings is 1. The third-order valence-corrected chi connectivity index (χ3v) is 4.63. The Balaban J connectivity index is 1.84. The third-order valence-electron chi connectivity index (χ3n) is 3.06. The summed E-state index contributed by atoms with van der Waals surface area (Å²) >= 11 is 7.70. The molecule has 0 aromatic carbocycles. The second-order valence-electron chi connectivity index (χ2n) is 4.33. The van der Waals surface area contributed by atoms with Crippen LogP contribution >= 0.6 is 22.9 Å². The van der Waals surface area contributed by atoms with Gasteiger partial charge in [-0.15, -0.1) is 22.9 Å². The van der Waals surface area contributed by atoms with Gasteiger partial charge >= 0.3 is 0 Å². The predicted molar refractivity (Wildman–Crippen MR) is 68.4 cm³/mol. The van der Waals surface area contributed by atoms with Crippen LogP contribution in [0.25, 0.3) is 0 Å². The number of nitrogens with one attached hydrogen (secondary N) is 1. The van der Waals surface area contributed by atoms with Crippen molar-refractivity contribution in [3.8, 4) is 0 Å². The Morgan fingerprint density at radius 2 is 2.38 bits per heavy atom. The summed E-state index contributed by atoms with van der Waals surface area (Å²) < 4.78 is 0. The molecule has 0 spiro atoms. The van der Waals surface area contributed by atoms with Crippen LogP contribution in [0.2, 0.25) is 0 Å². The fourth-order valence-corrected chi connectivity index (χ4v) is 3.24. The van der Waals surface area contributed by atoms with Crippen molar-refractivity contribution in [1.82, 2.24) is 5.32 Å². The zero-order valence-electron chi connectivity index (χ0n) is 9.33. The Morgan fingerprint density at radius 3 is 2.94 bits per heavy atom. The third kappa shape index (κ3) is 2.77. The molecule has 0 radical (unpaired) electrons. The summed E-state index contributed by atoms with van der Waals surface area (Å²) in [5.74, 6) is 0.487. The summed E-state index contributed by atoms with van der Waals surface area (Å²) in [6.07, 6.45) is 3.41. The fraction of sp³-hybridized carbons (Fsp3) is 0.583. The standard InChI is InChI=1S/C12H16ClNOS/c1-8-5-6-11(16-8)12(15)14-7-9-3-2-4-10(9)13/h5-6,9-10H,2-4,7H2,1H3,(H,14,15). The zero-order chi connectivity index (χ0) is 11.5. The Hall–Kier alpha value is -0.540. The van der Waals surface area contributed by atoms with Crippen molar-refractivity contribution in [2.75, 3.05) is 6.54 Å². The highest BCUT2D eigenvalue weighted by Crippen LogP contribution is 2.29. The van der Waals surface area contributed by atoms with Gasteiger partial charge in [0.1, 0.15) is 0 Å². The van der Waals surface area contributed by atoms with Gasteiger partial charge in [-0.25, -0.2) is 0 Å². The van der Waals surface area contributed by atoms with Crippen LogP contribution < -0.4 is 5.32 Å². The molecule has 2 nitrogen and oxygen atoms in total. The van der Waals surface area contributed by atoms with E-state index in [1.165, 1.54) is 22.6 Å². The quantitative estimate of drug-likeness (QED) is 0.828. The summed E-state index contributed by atoms with van der Waals surface area (Å²) in [6.45, 7) is 2.72. The molecule has 1 aromatic rings. The molecule has 1 aliphatic carbocycles. The maximum atomic E-state index is 11.8. The van der Waals surface area contributed by atoms with Crippen LogP contribution in [0.1, 0.15) is 33.8 Å². The molecule has 1 aliphatic rings. The van der Waals surface area contributed by atoms with E-state index in [-0.39, 0.29) is 11.3 Å². The van der Waals surface area contributed by atoms with Crippen LogP contribution in [0.3, 0.4) is 0 Å². The van der Waals surface area contributed by atoms with Crippen molar-refractivity contribution in [3.63, 3.8) is 0 Å². The molecule has 1 amide bonds. The van der Waals surface area contributed by atoms with Gasteiger partial charge in [0.15, 0.2) is 0 Å². The summed E-state index contributed by atoms with van der Waals surface area (Å²) in [7, 11) is 0. The number of carbonyl (C=O) groups is 1. The van der Waals surface area contributed by atoms with Crippen molar-refractivity contribution < 1.29 is 4.79 Å². The van der Waals surface area contributed by atoms with Crippen molar-refractivity contribution in [1.29, 1.82) is 0 Å². The second-order valence-corrected chi connectivity index (χ2v) is 6.18. The molecule has 1 aromatic heterocycles. The first-order valence-electron chi connectivity index (χ1n) is 5.65. The van der Waals surface area contributed by atoms with Crippen molar-refractivity contribution in [2.45, 2.75) is 31.6 Å². The first-order valence-corrected chi connectivity index (χ1v) is 6.91. The first-order chi connectivity index (χ1) is 7.66. The normalized spacial score (nSPS) is 24.6. The van der Waals surface area contributed by atoms with E-state index in [2.05, 4.69) is 5.32 Å². The van der Waals surface area contributed by atoms with Crippen LogP contribution in [0, 0.1) is 12.8 Å². The van der Waals surface area contributed by atoms with E-state index in [9.17, 15) is 4.79 Å². The molecule has 16 heavy (non-hydrogen) atoms. The highest BCUT2D eigenvalue weighted by atomic mass is 35.5. The minimum absolute atomic E-state index is 0.0360. The smallest absolute Gasteiger partial charge is 0.261 e. The maximum Gasteiger partial charge on any atom is 0.261 e. The van der Waals surface area contributed by atoms with Crippen LogP contribution in [-0.2, 0) is 0 Å². The van der Waals surface area contributed by atoms with Gasteiger partial charge in [-0.05, 0) is 37.8 Å². The molecule has 1 saturated carbocycles. The number of halogens is 1. The first kappa shape index (κ1) is 11.9. The molecule has 4 heteroatoms.